The molecular weight excluding hydrogens is 532 g/mol. The highest BCUT2D eigenvalue weighted by atomic mass is 79.9. The van der Waals surface area contributed by atoms with Crippen LogP contribution in [-0.2, 0) is 4.79 Å². The highest BCUT2D eigenvalue weighted by molar-refractivity contribution is 9.10. The Morgan fingerprint density at radius 1 is 1.08 bits per heavy atom. The third kappa shape index (κ3) is 5.34. The van der Waals surface area contributed by atoms with E-state index in [1.165, 1.54) is 5.56 Å². The molecule has 2 amide bonds. The summed E-state index contributed by atoms with van der Waals surface area (Å²) in [6, 6.07) is 18.6. The first kappa shape index (κ1) is 24.9. The van der Waals surface area contributed by atoms with Crippen molar-refractivity contribution in [3.05, 3.63) is 94.4 Å². The summed E-state index contributed by atoms with van der Waals surface area (Å²) in [5.41, 5.74) is 3.85. The second kappa shape index (κ2) is 10.7. The van der Waals surface area contributed by atoms with Gasteiger partial charge in [0.25, 0.3) is 5.91 Å². The molecule has 37 heavy (non-hydrogen) atoms. The molecule has 1 fully saturated rings. The average Bonchev–Trinajstić information content (AvgIpc) is 3.41. The number of likely N-dealkylation sites (tertiary alicyclic amines) is 1. The predicted molar refractivity (Wildman–Crippen MR) is 147 cm³/mol. The number of piperidine rings is 1. The van der Waals surface area contributed by atoms with Crippen LogP contribution in [0.4, 0.5) is 5.69 Å². The number of benzene rings is 2. The number of hydrogen-bond donors (Lipinski definition) is 1. The van der Waals surface area contributed by atoms with Crippen LogP contribution in [0.25, 0.3) is 10.9 Å². The number of amides is 2. The van der Waals surface area contributed by atoms with Gasteiger partial charge in [0.2, 0.25) is 5.91 Å². The summed E-state index contributed by atoms with van der Waals surface area (Å²) in [5, 5.41) is 3.87. The molecule has 0 spiro atoms. The smallest absolute Gasteiger partial charge is 0.255 e. The van der Waals surface area contributed by atoms with E-state index in [4.69, 9.17) is 0 Å². The largest absolute Gasteiger partial charge is 0.339 e. The Morgan fingerprint density at radius 2 is 1.84 bits per heavy atom. The molecule has 2 aromatic carbocycles. The highest BCUT2D eigenvalue weighted by Crippen LogP contribution is 2.30. The summed E-state index contributed by atoms with van der Waals surface area (Å²) >= 11 is 3.48. The van der Waals surface area contributed by atoms with E-state index in [1.807, 2.05) is 53.4 Å². The van der Waals surface area contributed by atoms with Gasteiger partial charge in [-0.1, -0.05) is 28.1 Å². The number of rotatable bonds is 6. The summed E-state index contributed by atoms with van der Waals surface area (Å²) in [7, 11) is 0. The predicted octanol–water partition coefficient (Wildman–Crippen LogP) is 5.83. The zero-order valence-corrected chi connectivity index (χ0v) is 22.0. The van der Waals surface area contributed by atoms with Crippen LogP contribution in [0.1, 0.15) is 58.1 Å². The molecule has 1 N–H and O–H groups in total. The molecule has 1 saturated heterocycles. The number of hydrogen-bond acceptors (Lipinski definition) is 4. The van der Waals surface area contributed by atoms with Crippen LogP contribution in [0.15, 0.2) is 77.5 Å². The minimum atomic E-state index is -0.504. The van der Waals surface area contributed by atoms with Crippen LogP contribution in [0.5, 0.6) is 0 Å². The van der Waals surface area contributed by atoms with E-state index >= 15 is 0 Å². The van der Waals surface area contributed by atoms with Crippen molar-refractivity contribution in [2.45, 2.75) is 31.7 Å². The highest BCUT2D eigenvalue weighted by Gasteiger charge is 2.25. The number of carbonyl (C=O) groups is 3. The first-order valence-corrected chi connectivity index (χ1v) is 13.1. The number of pyridine rings is 1. The molecule has 0 radical (unpaired) electrons. The topological polar surface area (TPSA) is 84.3 Å². The summed E-state index contributed by atoms with van der Waals surface area (Å²) in [6.45, 7) is 3.14. The zero-order valence-electron chi connectivity index (χ0n) is 20.4. The summed E-state index contributed by atoms with van der Waals surface area (Å²) < 4.78 is 2.61. The maximum atomic E-state index is 13.1. The van der Waals surface area contributed by atoms with Crippen molar-refractivity contribution >= 4 is 50.6 Å². The molecule has 4 aromatic rings. The van der Waals surface area contributed by atoms with E-state index in [0.717, 1.165) is 34.5 Å². The number of fused-ring (bicyclic) bond motifs is 1. The Hall–Kier alpha value is -3.78. The molecule has 0 bridgehead atoms. The van der Waals surface area contributed by atoms with E-state index in [9.17, 15) is 14.4 Å². The third-order valence-electron chi connectivity index (χ3n) is 7.05. The van der Waals surface area contributed by atoms with Gasteiger partial charge in [0.15, 0.2) is 6.29 Å². The molecule has 1 atom stereocenters. The van der Waals surface area contributed by atoms with E-state index < -0.39 is 6.04 Å². The molecule has 0 saturated carbocycles. The van der Waals surface area contributed by atoms with Crippen molar-refractivity contribution < 1.29 is 14.4 Å². The molecule has 0 aliphatic carbocycles. The molecule has 8 heteroatoms. The Labute approximate surface area is 223 Å². The number of aromatic nitrogens is 2. The number of nitrogens with one attached hydrogen (secondary N) is 1. The molecule has 1 unspecified atom stereocenters. The molecule has 1 aliphatic heterocycles. The fourth-order valence-electron chi connectivity index (χ4n) is 4.89. The van der Waals surface area contributed by atoms with E-state index in [-0.39, 0.29) is 11.8 Å². The normalized spacial score (nSPS) is 14.9. The molecule has 188 valence electrons. The van der Waals surface area contributed by atoms with E-state index in [1.54, 1.807) is 36.0 Å². The SMILES string of the molecule is CC(C(=O)Nc1ccc(C2CCN(C(=O)c3cnc4ccc(Br)cc4c3)CC2)cc1)n1cccc1C=O. The van der Waals surface area contributed by atoms with E-state index in [2.05, 4.69) is 26.2 Å². The van der Waals surface area contributed by atoms with Crippen LogP contribution in [-0.4, -0.2) is 45.6 Å². The fraction of sp³-hybridized carbons (Fsp3) is 0.241. The first-order valence-electron chi connectivity index (χ1n) is 12.3. The van der Waals surface area contributed by atoms with Crippen molar-refractivity contribution in [3.63, 3.8) is 0 Å². The standard InChI is InChI=1S/C29H27BrN4O3/c1-19(34-12-2-3-26(34)18-35)28(36)32-25-7-4-20(5-8-25)21-10-13-33(14-11-21)29(37)23-15-22-16-24(30)6-9-27(22)31-17-23/h2-9,12,15-19,21H,10-11,13-14H2,1H3,(H,32,36). The number of nitrogens with zero attached hydrogens (tertiary/aromatic N) is 3. The Morgan fingerprint density at radius 3 is 2.57 bits per heavy atom. The fourth-order valence-corrected chi connectivity index (χ4v) is 5.27. The Balaban J connectivity index is 1.18. The Kier molecular flexibility index (Phi) is 7.19. The Bertz CT molecular complexity index is 1460. The molecule has 5 rings (SSSR count). The first-order chi connectivity index (χ1) is 17.9. The zero-order chi connectivity index (χ0) is 25.9. The van der Waals surface area contributed by atoms with Gasteiger partial charge in [0.05, 0.1) is 16.8 Å². The van der Waals surface area contributed by atoms with Crippen LogP contribution in [0.2, 0.25) is 0 Å². The molecule has 2 aromatic heterocycles. The minimum absolute atomic E-state index is 0.0143. The lowest BCUT2D eigenvalue weighted by Crippen LogP contribution is -2.38. The number of carbonyl (C=O) groups excluding carboxylic acids is 3. The number of anilines is 1. The van der Waals surface area contributed by atoms with Gasteiger partial charge in [0.1, 0.15) is 6.04 Å². The van der Waals surface area contributed by atoms with Gasteiger partial charge in [-0.05, 0) is 79.8 Å². The summed E-state index contributed by atoms with van der Waals surface area (Å²) in [4.78, 5) is 43.3. The van der Waals surface area contributed by atoms with E-state index in [0.29, 0.717) is 36.0 Å². The van der Waals surface area contributed by atoms with Crippen LogP contribution < -0.4 is 5.32 Å². The average molecular weight is 559 g/mol. The van der Waals surface area contributed by atoms with Gasteiger partial charge in [-0.3, -0.25) is 19.4 Å². The van der Waals surface area contributed by atoms with Crippen molar-refractivity contribution in [2.24, 2.45) is 0 Å². The van der Waals surface area contributed by atoms with Gasteiger partial charge in [-0.25, -0.2) is 0 Å². The lowest BCUT2D eigenvalue weighted by molar-refractivity contribution is -0.118. The van der Waals surface area contributed by atoms with Gasteiger partial charge in [0, 0.05) is 41.0 Å². The van der Waals surface area contributed by atoms with Gasteiger partial charge < -0.3 is 14.8 Å². The summed E-state index contributed by atoms with van der Waals surface area (Å²) in [6.07, 6.45) is 5.89. The third-order valence-corrected chi connectivity index (χ3v) is 7.54. The molecular formula is C29H27BrN4O3. The molecule has 7 nitrogen and oxygen atoms in total. The van der Waals surface area contributed by atoms with Gasteiger partial charge in [-0.2, -0.15) is 0 Å². The van der Waals surface area contributed by atoms with Gasteiger partial charge in [-0.15, -0.1) is 0 Å². The number of halogens is 1. The van der Waals surface area contributed by atoms with Crippen LogP contribution >= 0.6 is 15.9 Å². The van der Waals surface area contributed by atoms with Gasteiger partial charge >= 0.3 is 0 Å². The lowest BCUT2D eigenvalue weighted by atomic mass is 9.89. The number of aldehydes is 1. The molecule has 3 heterocycles. The van der Waals surface area contributed by atoms with Crippen molar-refractivity contribution in [2.75, 3.05) is 18.4 Å². The van der Waals surface area contributed by atoms with Crippen molar-refractivity contribution in [1.82, 2.24) is 14.5 Å². The maximum absolute atomic E-state index is 13.1. The summed E-state index contributed by atoms with van der Waals surface area (Å²) in [5.74, 6) is 0.184. The monoisotopic (exact) mass is 558 g/mol. The van der Waals surface area contributed by atoms with Crippen LogP contribution in [0.3, 0.4) is 0 Å². The quantitative estimate of drug-likeness (QED) is 0.302. The van der Waals surface area contributed by atoms with Crippen molar-refractivity contribution in [1.29, 1.82) is 0 Å². The maximum Gasteiger partial charge on any atom is 0.255 e. The van der Waals surface area contributed by atoms with Crippen molar-refractivity contribution in [3.8, 4) is 0 Å². The minimum Gasteiger partial charge on any atom is -0.339 e. The lowest BCUT2D eigenvalue weighted by Gasteiger charge is -2.32. The second-order valence-electron chi connectivity index (χ2n) is 9.37. The molecule has 1 aliphatic rings. The van der Waals surface area contributed by atoms with Crippen LogP contribution in [0, 0.1) is 0 Å². The second-order valence-corrected chi connectivity index (χ2v) is 10.3.